The summed E-state index contributed by atoms with van der Waals surface area (Å²) in [5.74, 6) is -0.390. The van der Waals surface area contributed by atoms with Crippen molar-refractivity contribution in [2.24, 2.45) is 0 Å². The quantitative estimate of drug-likeness (QED) is 0.372. The second-order valence-corrected chi connectivity index (χ2v) is 11.8. The zero-order chi connectivity index (χ0) is 26.1. The predicted molar refractivity (Wildman–Crippen MR) is 138 cm³/mol. The molecule has 1 aliphatic rings. The second-order valence-electron chi connectivity index (χ2n) is 9.88. The molecule has 3 aromatic carbocycles. The first kappa shape index (κ1) is 25.4. The van der Waals surface area contributed by atoms with Crippen molar-refractivity contribution in [3.05, 3.63) is 76.3 Å². The Hall–Kier alpha value is -3.66. The van der Waals surface area contributed by atoms with Gasteiger partial charge in [0.05, 0.1) is 21.6 Å². The fourth-order valence-electron chi connectivity index (χ4n) is 4.43. The Labute approximate surface area is 210 Å². The number of anilines is 1. The van der Waals surface area contributed by atoms with Gasteiger partial charge >= 0.3 is 6.09 Å². The van der Waals surface area contributed by atoms with Crippen molar-refractivity contribution in [3.63, 3.8) is 0 Å². The van der Waals surface area contributed by atoms with Crippen molar-refractivity contribution in [1.82, 2.24) is 5.32 Å². The molecule has 1 fully saturated rings. The molecule has 0 bridgehead atoms. The van der Waals surface area contributed by atoms with E-state index in [1.807, 2.05) is 23.1 Å². The van der Waals surface area contributed by atoms with Gasteiger partial charge in [-0.3, -0.25) is 10.1 Å². The van der Waals surface area contributed by atoms with Crippen LogP contribution in [-0.2, 0) is 20.3 Å². The van der Waals surface area contributed by atoms with Crippen molar-refractivity contribution < 1.29 is 22.9 Å². The molecule has 1 unspecified atom stereocenters. The van der Waals surface area contributed by atoms with Crippen LogP contribution in [0, 0.1) is 10.1 Å². The average Bonchev–Trinajstić information content (AvgIpc) is 3.25. The first-order valence-corrected chi connectivity index (χ1v) is 13.3. The van der Waals surface area contributed by atoms with E-state index in [9.17, 15) is 23.3 Å². The molecule has 36 heavy (non-hydrogen) atoms. The number of ether oxygens (including phenoxy) is 1. The van der Waals surface area contributed by atoms with E-state index >= 15 is 0 Å². The fraction of sp³-hybridized carbons (Fsp3) is 0.346. The fourth-order valence-corrected chi connectivity index (χ4v) is 6.03. The van der Waals surface area contributed by atoms with Crippen LogP contribution in [0.1, 0.15) is 32.8 Å². The van der Waals surface area contributed by atoms with Gasteiger partial charge in [-0.2, -0.15) is 0 Å². The van der Waals surface area contributed by atoms with Crippen molar-refractivity contribution in [1.29, 1.82) is 0 Å². The first-order valence-electron chi connectivity index (χ1n) is 11.7. The Kier molecular flexibility index (Phi) is 6.90. The molecule has 4 rings (SSSR count). The standard InChI is InChI=1S/C26H29N3O6S/c1-26(2,3)35-25(30)27-20-13-14-28(16-20)23-12-11-21(29(31)32)15-19(23)17-36(33,34)24-10-6-8-18-7-4-5-9-22(18)24/h4-12,15,20H,13-14,16-17H2,1-3H3,(H,27,30). The number of nitro groups is 1. The summed E-state index contributed by atoms with van der Waals surface area (Å²) >= 11 is 0. The van der Waals surface area contributed by atoms with Gasteiger partial charge in [0, 0.05) is 36.3 Å². The first-order chi connectivity index (χ1) is 16.9. The summed E-state index contributed by atoms with van der Waals surface area (Å²) in [6.07, 6.45) is 0.114. The third-order valence-electron chi connectivity index (χ3n) is 5.95. The summed E-state index contributed by atoms with van der Waals surface area (Å²) in [4.78, 5) is 25.2. The van der Waals surface area contributed by atoms with Crippen LogP contribution in [0.2, 0.25) is 0 Å². The molecular weight excluding hydrogens is 482 g/mol. The summed E-state index contributed by atoms with van der Waals surface area (Å²) in [5, 5.41) is 15.7. The monoisotopic (exact) mass is 511 g/mol. The maximum Gasteiger partial charge on any atom is 0.407 e. The molecule has 0 spiro atoms. The maximum absolute atomic E-state index is 13.5. The smallest absolute Gasteiger partial charge is 0.407 e. The lowest BCUT2D eigenvalue weighted by molar-refractivity contribution is -0.384. The molecule has 1 aliphatic heterocycles. The lowest BCUT2D eigenvalue weighted by Crippen LogP contribution is -2.40. The molecule has 1 saturated heterocycles. The summed E-state index contributed by atoms with van der Waals surface area (Å²) < 4.78 is 32.4. The van der Waals surface area contributed by atoms with E-state index in [0.29, 0.717) is 36.1 Å². The van der Waals surface area contributed by atoms with Crippen molar-refractivity contribution in [3.8, 4) is 0 Å². The maximum atomic E-state index is 13.5. The van der Waals surface area contributed by atoms with Crippen LogP contribution in [0.5, 0.6) is 0 Å². The molecule has 3 aromatic rings. The van der Waals surface area contributed by atoms with Crippen molar-refractivity contribution in [2.45, 2.75) is 49.5 Å². The SMILES string of the molecule is CC(C)(C)OC(=O)NC1CCN(c2ccc([N+](=O)[O-])cc2CS(=O)(=O)c2cccc3ccccc23)C1. The molecule has 9 nitrogen and oxygen atoms in total. The molecule has 0 saturated carbocycles. The molecule has 0 radical (unpaired) electrons. The lowest BCUT2D eigenvalue weighted by Gasteiger charge is -2.24. The number of hydrogen-bond donors (Lipinski definition) is 1. The van der Waals surface area contributed by atoms with Gasteiger partial charge in [0.2, 0.25) is 0 Å². The Balaban J connectivity index is 1.62. The number of hydrogen-bond acceptors (Lipinski definition) is 7. The molecular formula is C26H29N3O6S. The molecule has 1 amide bonds. The highest BCUT2D eigenvalue weighted by atomic mass is 32.2. The zero-order valence-electron chi connectivity index (χ0n) is 20.4. The van der Waals surface area contributed by atoms with E-state index < -0.39 is 32.2 Å². The lowest BCUT2D eigenvalue weighted by atomic mass is 10.1. The third-order valence-corrected chi connectivity index (χ3v) is 7.67. The van der Waals surface area contributed by atoms with Crippen LogP contribution in [0.15, 0.2) is 65.6 Å². The average molecular weight is 512 g/mol. The molecule has 190 valence electrons. The van der Waals surface area contributed by atoms with Crippen LogP contribution in [0.3, 0.4) is 0 Å². The highest BCUT2D eigenvalue weighted by Gasteiger charge is 2.29. The molecule has 0 aliphatic carbocycles. The summed E-state index contributed by atoms with van der Waals surface area (Å²) in [7, 11) is -3.83. The number of sulfone groups is 1. The van der Waals surface area contributed by atoms with Crippen LogP contribution in [0.25, 0.3) is 10.8 Å². The van der Waals surface area contributed by atoms with Crippen molar-refractivity contribution in [2.75, 3.05) is 18.0 Å². The number of carbonyl (C=O) groups excluding carboxylic acids is 1. The van der Waals surface area contributed by atoms with Crippen LogP contribution in [0.4, 0.5) is 16.2 Å². The van der Waals surface area contributed by atoms with Crippen LogP contribution in [-0.4, -0.2) is 44.2 Å². The molecule has 1 heterocycles. The summed E-state index contributed by atoms with van der Waals surface area (Å²) in [6.45, 7) is 6.34. The van der Waals surface area contributed by atoms with E-state index in [0.717, 1.165) is 5.39 Å². The van der Waals surface area contributed by atoms with E-state index in [4.69, 9.17) is 4.74 Å². The van der Waals surface area contributed by atoms with Crippen molar-refractivity contribution >= 4 is 38.1 Å². The van der Waals surface area contributed by atoms with Gasteiger partial charge in [-0.1, -0.05) is 36.4 Å². The number of fused-ring (bicyclic) bond motifs is 1. The third kappa shape index (κ3) is 5.76. The minimum atomic E-state index is -3.83. The zero-order valence-corrected chi connectivity index (χ0v) is 21.2. The highest BCUT2D eigenvalue weighted by Crippen LogP contribution is 2.33. The van der Waals surface area contributed by atoms with Gasteiger partial charge in [0.25, 0.3) is 5.69 Å². The van der Waals surface area contributed by atoms with Gasteiger partial charge in [-0.25, -0.2) is 13.2 Å². The number of nitro benzene ring substituents is 1. The predicted octanol–water partition coefficient (Wildman–Crippen LogP) is 4.83. The van der Waals surface area contributed by atoms with Crippen LogP contribution >= 0.6 is 0 Å². The number of benzene rings is 3. The largest absolute Gasteiger partial charge is 0.444 e. The molecule has 1 N–H and O–H groups in total. The molecule has 0 aromatic heterocycles. The van der Waals surface area contributed by atoms with Crippen LogP contribution < -0.4 is 10.2 Å². The Bertz CT molecular complexity index is 1410. The van der Waals surface area contributed by atoms with Gasteiger partial charge in [-0.15, -0.1) is 0 Å². The topological polar surface area (TPSA) is 119 Å². The Morgan fingerprint density at radius 1 is 1.14 bits per heavy atom. The van der Waals surface area contributed by atoms with E-state index in [1.165, 1.54) is 12.1 Å². The molecule has 1 atom stereocenters. The number of alkyl carbamates (subject to hydrolysis) is 1. The summed E-state index contributed by atoms with van der Waals surface area (Å²) in [6, 6.07) is 16.4. The number of rotatable bonds is 6. The van der Waals surface area contributed by atoms with Gasteiger partial charge in [0.15, 0.2) is 9.84 Å². The normalized spacial score (nSPS) is 16.2. The van der Waals surface area contributed by atoms with E-state index in [1.54, 1.807) is 51.1 Å². The second kappa shape index (κ2) is 9.77. The van der Waals surface area contributed by atoms with Gasteiger partial charge in [-0.05, 0) is 50.3 Å². The highest BCUT2D eigenvalue weighted by molar-refractivity contribution is 7.90. The van der Waals surface area contributed by atoms with E-state index in [-0.39, 0.29) is 16.6 Å². The number of nitrogens with one attached hydrogen (secondary N) is 1. The molecule has 10 heteroatoms. The number of non-ortho nitro benzene ring substituents is 1. The van der Waals surface area contributed by atoms with E-state index in [2.05, 4.69) is 5.32 Å². The number of amides is 1. The number of carbonyl (C=O) groups is 1. The van der Waals surface area contributed by atoms with Gasteiger partial charge < -0.3 is 15.0 Å². The summed E-state index contributed by atoms with van der Waals surface area (Å²) in [5.41, 5.74) is 0.140. The minimum absolute atomic E-state index is 0.176. The number of nitrogens with zero attached hydrogens (tertiary/aromatic N) is 2. The Morgan fingerprint density at radius 3 is 2.58 bits per heavy atom. The minimum Gasteiger partial charge on any atom is -0.444 e. The van der Waals surface area contributed by atoms with Gasteiger partial charge in [0.1, 0.15) is 5.60 Å². The Morgan fingerprint density at radius 2 is 1.86 bits per heavy atom.